The van der Waals surface area contributed by atoms with E-state index in [1.807, 2.05) is 32.9 Å². The van der Waals surface area contributed by atoms with Crippen LogP contribution in [0.15, 0.2) is 24.3 Å². The minimum absolute atomic E-state index is 0.781. The molecule has 0 saturated heterocycles. The molecule has 0 aliphatic carbocycles. The summed E-state index contributed by atoms with van der Waals surface area (Å²) in [7, 11) is 4.12. The van der Waals surface area contributed by atoms with Gasteiger partial charge in [0.15, 0.2) is 0 Å². The lowest BCUT2D eigenvalue weighted by molar-refractivity contribution is 0.0785. The van der Waals surface area contributed by atoms with E-state index in [4.69, 9.17) is 0 Å². The maximum absolute atomic E-state index is 10.2. The molecule has 1 aromatic carbocycles. The van der Waals surface area contributed by atoms with Crippen LogP contribution in [-0.4, -0.2) is 53.7 Å². The molecule has 6 nitrogen and oxygen atoms in total. The molecule has 0 bridgehead atoms. The number of fused-ring (bicyclic) bond motifs is 1. The van der Waals surface area contributed by atoms with E-state index < -0.39 is 5.60 Å². The van der Waals surface area contributed by atoms with Crippen LogP contribution in [0.1, 0.15) is 36.4 Å². The van der Waals surface area contributed by atoms with Gasteiger partial charge in [-0.1, -0.05) is 18.2 Å². The van der Waals surface area contributed by atoms with Gasteiger partial charge in [-0.15, -0.1) is 0 Å². The van der Waals surface area contributed by atoms with Crippen molar-refractivity contribution in [1.29, 1.82) is 0 Å². The van der Waals surface area contributed by atoms with Crippen LogP contribution < -0.4 is 10.2 Å². The number of hydrogen-bond donors (Lipinski definition) is 2. The molecule has 2 heterocycles. The lowest BCUT2D eigenvalue weighted by Crippen LogP contribution is -2.32. The van der Waals surface area contributed by atoms with E-state index in [1.165, 1.54) is 11.1 Å². The van der Waals surface area contributed by atoms with Crippen LogP contribution >= 0.6 is 0 Å². The van der Waals surface area contributed by atoms with Gasteiger partial charge in [-0.25, -0.2) is 9.97 Å². The Bertz CT molecular complexity index is 798. The first-order valence-electron chi connectivity index (χ1n) is 9.56. The van der Waals surface area contributed by atoms with Crippen molar-refractivity contribution in [1.82, 2.24) is 14.9 Å². The maximum Gasteiger partial charge on any atom is 0.134 e. The lowest BCUT2D eigenvalue weighted by Gasteiger charge is -2.31. The van der Waals surface area contributed by atoms with Crippen LogP contribution in [0.4, 0.5) is 11.6 Å². The van der Waals surface area contributed by atoms with Gasteiger partial charge in [0.05, 0.1) is 5.60 Å². The van der Waals surface area contributed by atoms with Gasteiger partial charge in [0.25, 0.3) is 0 Å². The topological polar surface area (TPSA) is 64.5 Å². The Morgan fingerprint density at radius 2 is 1.96 bits per heavy atom. The monoisotopic (exact) mass is 369 g/mol. The molecule has 0 atom stereocenters. The number of rotatable bonds is 6. The fraction of sp³-hybridized carbons (Fsp3) is 0.524. The number of aliphatic hydroxyl groups is 1. The van der Waals surface area contributed by atoms with Crippen LogP contribution in [0.2, 0.25) is 0 Å². The van der Waals surface area contributed by atoms with Crippen molar-refractivity contribution < 1.29 is 5.11 Å². The van der Waals surface area contributed by atoms with Crippen molar-refractivity contribution in [2.75, 3.05) is 43.9 Å². The molecule has 0 radical (unpaired) electrons. The van der Waals surface area contributed by atoms with Crippen molar-refractivity contribution in [3.63, 3.8) is 0 Å². The number of aryl methyl sites for hydroxylation is 1. The molecule has 1 aliphatic heterocycles. The molecule has 1 aliphatic rings. The number of likely N-dealkylation sites (N-methyl/N-ethyl adjacent to an activating group) is 1. The molecule has 3 rings (SSSR count). The minimum Gasteiger partial charge on any atom is -0.386 e. The minimum atomic E-state index is -0.803. The molecule has 1 aromatic heterocycles. The molecule has 27 heavy (non-hydrogen) atoms. The zero-order valence-electron chi connectivity index (χ0n) is 17.1. The van der Waals surface area contributed by atoms with Crippen molar-refractivity contribution in [2.45, 2.75) is 39.3 Å². The van der Waals surface area contributed by atoms with Gasteiger partial charge in [0.2, 0.25) is 0 Å². The molecule has 0 amide bonds. The molecule has 0 fully saturated rings. The summed E-state index contributed by atoms with van der Waals surface area (Å²) in [6.45, 7) is 9.15. The summed E-state index contributed by atoms with van der Waals surface area (Å²) in [4.78, 5) is 13.6. The van der Waals surface area contributed by atoms with Crippen LogP contribution in [0.5, 0.6) is 0 Å². The van der Waals surface area contributed by atoms with Gasteiger partial charge in [-0.2, -0.15) is 0 Å². The summed E-state index contributed by atoms with van der Waals surface area (Å²) in [6.07, 6.45) is 0.950. The zero-order chi connectivity index (χ0) is 19.6. The maximum atomic E-state index is 10.2. The Morgan fingerprint density at radius 3 is 2.67 bits per heavy atom. The summed E-state index contributed by atoms with van der Waals surface area (Å²) in [6, 6.07) is 8.35. The third-order valence-corrected chi connectivity index (χ3v) is 4.94. The lowest BCUT2D eigenvalue weighted by atomic mass is 9.91. The van der Waals surface area contributed by atoms with E-state index in [0.717, 1.165) is 55.6 Å². The Labute approximate surface area is 162 Å². The predicted molar refractivity (Wildman–Crippen MR) is 110 cm³/mol. The highest BCUT2D eigenvalue weighted by Crippen LogP contribution is 2.28. The molecular weight excluding hydrogens is 338 g/mol. The predicted octanol–water partition coefficient (Wildman–Crippen LogP) is 2.55. The first-order valence-corrected chi connectivity index (χ1v) is 9.56. The number of aromatic nitrogens is 2. The van der Waals surface area contributed by atoms with Crippen LogP contribution in [0.3, 0.4) is 0 Å². The second kappa shape index (κ2) is 7.82. The van der Waals surface area contributed by atoms with Gasteiger partial charge < -0.3 is 20.2 Å². The average Bonchev–Trinajstić information content (AvgIpc) is 2.59. The summed E-state index contributed by atoms with van der Waals surface area (Å²) in [5.41, 5.74) is 2.79. The molecule has 0 unspecified atom stereocenters. The van der Waals surface area contributed by atoms with Crippen LogP contribution in [-0.2, 0) is 18.6 Å². The quantitative estimate of drug-likeness (QED) is 0.816. The number of nitrogens with one attached hydrogen (secondary N) is 1. The molecule has 2 aromatic rings. The Kier molecular flexibility index (Phi) is 5.67. The normalized spacial score (nSPS) is 14.4. The number of benzene rings is 1. The van der Waals surface area contributed by atoms with E-state index in [-0.39, 0.29) is 0 Å². The van der Waals surface area contributed by atoms with Gasteiger partial charge in [-0.3, -0.25) is 0 Å². The second-order valence-electron chi connectivity index (χ2n) is 8.10. The van der Waals surface area contributed by atoms with Gasteiger partial charge in [0, 0.05) is 32.2 Å². The van der Waals surface area contributed by atoms with Crippen molar-refractivity contribution in [3.05, 3.63) is 46.8 Å². The second-order valence-corrected chi connectivity index (χ2v) is 8.10. The summed E-state index contributed by atoms with van der Waals surface area (Å²) >= 11 is 0. The number of anilines is 2. The third-order valence-electron chi connectivity index (χ3n) is 4.94. The van der Waals surface area contributed by atoms with Crippen LogP contribution in [0.25, 0.3) is 0 Å². The largest absolute Gasteiger partial charge is 0.386 e. The van der Waals surface area contributed by atoms with E-state index in [1.54, 1.807) is 0 Å². The van der Waals surface area contributed by atoms with Crippen molar-refractivity contribution in [3.8, 4) is 0 Å². The Morgan fingerprint density at radius 1 is 1.19 bits per heavy atom. The zero-order valence-corrected chi connectivity index (χ0v) is 17.1. The fourth-order valence-corrected chi connectivity index (χ4v) is 3.34. The highest BCUT2D eigenvalue weighted by atomic mass is 16.3. The number of nitrogens with zero attached hydrogens (tertiary/aromatic N) is 4. The van der Waals surface area contributed by atoms with E-state index in [0.29, 0.717) is 0 Å². The Balaban J connectivity index is 1.75. The number of hydrogen-bond acceptors (Lipinski definition) is 6. The summed E-state index contributed by atoms with van der Waals surface area (Å²) in [5.74, 6) is 2.62. The molecule has 0 saturated carbocycles. The molecule has 6 heteroatoms. The summed E-state index contributed by atoms with van der Waals surface area (Å²) in [5, 5.41) is 13.6. The van der Waals surface area contributed by atoms with E-state index in [2.05, 4.69) is 51.3 Å². The van der Waals surface area contributed by atoms with Crippen molar-refractivity contribution in [2.24, 2.45) is 0 Å². The first-order chi connectivity index (χ1) is 12.7. The smallest absolute Gasteiger partial charge is 0.134 e. The fourth-order valence-electron chi connectivity index (χ4n) is 3.34. The summed E-state index contributed by atoms with van der Waals surface area (Å²) < 4.78 is 0. The average molecular weight is 370 g/mol. The Hall–Kier alpha value is -2.18. The van der Waals surface area contributed by atoms with E-state index in [9.17, 15) is 5.11 Å². The highest BCUT2D eigenvalue weighted by Gasteiger charge is 2.22. The molecular formula is C21H31N5O. The van der Waals surface area contributed by atoms with Gasteiger partial charge >= 0.3 is 0 Å². The first kappa shape index (κ1) is 19.6. The molecule has 0 spiro atoms. The van der Waals surface area contributed by atoms with Crippen molar-refractivity contribution >= 4 is 11.6 Å². The van der Waals surface area contributed by atoms with Gasteiger partial charge in [-0.05, 0) is 58.0 Å². The standard InChI is InChI=1S/C21H31N5O/c1-15-23-19(22-9-11-25(4)5)13-20(24-15)26-10-8-16-12-18(21(2,3)27)7-6-17(16)14-26/h6-7,12-13,27H,8-11,14H2,1-5H3,(H,22,23,24). The van der Waals surface area contributed by atoms with Crippen LogP contribution in [0, 0.1) is 6.92 Å². The molecule has 2 N–H and O–H groups in total. The highest BCUT2D eigenvalue weighted by molar-refractivity contribution is 5.52. The third kappa shape index (κ3) is 4.96. The van der Waals surface area contributed by atoms with Gasteiger partial charge in [0.1, 0.15) is 17.5 Å². The van der Waals surface area contributed by atoms with E-state index >= 15 is 0 Å². The molecule has 146 valence electrons. The SMILES string of the molecule is Cc1nc(NCCN(C)C)cc(N2CCc3cc(C(C)(C)O)ccc3C2)n1.